The highest BCUT2D eigenvalue weighted by Crippen LogP contribution is 2.34. The highest BCUT2D eigenvalue weighted by Gasteiger charge is 2.37. The largest absolute Gasteiger partial charge is 0.489 e. The van der Waals surface area contributed by atoms with Gasteiger partial charge < -0.3 is 29.9 Å². The van der Waals surface area contributed by atoms with Gasteiger partial charge in [-0.05, 0) is 69.5 Å². The number of fused-ring (bicyclic) bond motifs is 1. The molecule has 11 heteroatoms. The van der Waals surface area contributed by atoms with Crippen molar-refractivity contribution in [2.75, 3.05) is 31.1 Å². The van der Waals surface area contributed by atoms with Gasteiger partial charge in [-0.1, -0.05) is 36.9 Å². The molecule has 0 radical (unpaired) electrons. The van der Waals surface area contributed by atoms with Crippen molar-refractivity contribution in [3.05, 3.63) is 94.5 Å². The van der Waals surface area contributed by atoms with E-state index in [1.807, 2.05) is 12.1 Å². The molecular weight excluding hydrogens is 596 g/mol. The first-order chi connectivity index (χ1) is 22.4. The van der Waals surface area contributed by atoms with Gasteiger partial charge in [-0.2, -0.15) is 0 Å². The number of anilines is 1. The molecule has 1 saturated heterocycles. The van der Waals surface area contributed by atoms with E-state index in [1.54, 1.807) is 45.2 Å². The van der Waals surface area contributed by atoms with Crippen LogP contribution in [-0.4, -0.2) is 70.4 Å². The Balaban J connectivity index is 1.16. The summed E-state index contributed by atoms with van der Waals surface area (Å²) in [6, 6.07) is 16.7. The minimum atomic E-state index is -0.943. The topological polar surface area (TPSA) is 123 Å². The molecule has 0 bridgehead atoms. The van der Waals surface area contributed by atoms with Crippen LogP contribution in [0, 0.1) is 6.57 Å². The summed E-state index contributed by atoms with van der Waals surface area (Å²) < 4.78 is 11.6. The SMILES string of the molecule is [C-]#[N+]c1ccc(N2CCN([C@H](C)c3ccc(COc4cccc5c4CN([C@@H](CCC(=O)OC(C)(C)C)C(N)=O)C5=O)cc3)CC2)cn1. The Bertz CT molecular complexity index is 1640. The molecule has 2 amide bonds. The molecule has 1 aromatic heterocycles. The van der Waals surface area contributed by atoms with Crippen molar-refractivity contribution < 1.29 is 23.9 Å². The fourth-order valence-corrected chi connectivity index (χ4v) is 6.07. The van der Waals surface area contributed by atoms with Crippen molar-refractivity contribution in [3.8, 4) is 5.75 Å². The third-order valence-corrected chi connectivity index (χ3v) is 8.63. The van der Waals surface area contributed by atoms with E-state index in [0.717, 1.165) is 37.4 Å². The van der Waals surface area contributed by atoms with Gasteiger partial charge in [0.05, 0.1) is 12.2 Å². The van der Waals surface area contributed by atoms with E-state index in [9.17, 15) is 14.4 Å². The predicted molar refractivity (Wildman–Crippen MR) is 178 cm³/mol. The van der Waals surface area contributed by atoms with Gasteiger partial charge in [-0.3, -0.25) is 19.3 Å². The fraction of sp³-hybridized carbons (Fsp3) is 0.417. The minimum absolute atomic E-state index is 0.0315. The van der Waals surface area contributed by atoms with Crippen LogP contribution < -0.4 is 15.4 Å². The number of aromatic nitrogens is 1. The van der Waals surface area contributed by atoms with Crippen LogP contribution >= 0.6 is 0 Å². The lowest BCUT2D eigenvalue weighted by molar-refractivity contribution is -0.155. The van der Waals surface area contributed by atoms with Crippen molar-refractivity contribution in [2.45, 2.75) is 71.4 Å². The van der Waals surface area contributed by atoms with E-state index in [1.165, 1.54) is 10.5 Å². The Morgan fingerprint density at radius 3 is 2.38 bits per heavy atom. The lowest BCUT2D eigenvalue weighted by atomic mass is 10.0. The summed E-state index contributed by atoms with van der Waals surface area (Å²) in [5.74, 6) is -0.447. The second kappa shape index (κ2) is 14.2. The van der Waals surface area contributed by atoms with Gasteiger partial charge in [-0.25, -0.2) is 0 Å². The standard InChI is InChI=1S/C36H42N6O5/c1-24(40-17-19-41(20-18-40)27-13-15-32(38-5)39-21-27)26-11-9-25(10-12-26)23-46-31-8-6-7-28-29(31)22-42(35(28)45)30(34(37)44)14-16-33(43)47-36(2,3)4/h6-13,15,21,24,30H,14,16-20,22-23H2,1-4H3,(H2,37,44)/t24-,30+/m1/s1. The Morgan fingerprint density at radius 1 is 1.04 bits per heavy atom. The summed E-state index contributed by atoms with van der Waals surface area (Å²) in [7, 11) is 0. The molecule has 0 unspecified atom stereocenters. The Morgan fingerprint density at radius 2 is 1.77 bits per heavy atom. The number of nitrogens with two attached hydrogens (primary N) is 1. The number of amides is 2. The van der Waals surface area contributed by atoms with Crippen molar-refractivity contribution >= 4 is 29.3 Å². The van der Waals surface area contributed by atoms with Crippen molar-refractivity contribution in [1.29, 1.82) is 0 Å². The van der Waals surface area contributed by atoms with Crippen LogP contribution in [0.25, 0.3) is 4.85 Å². The second-order valence-electron chi connectivity index (χ2n) is 13.0. The van der Waals surface area contributed by atoms with Crippen LogP contribution in [0.15, 0.2) is 60.8 Å². The van der Waals surface area contributed by atoms with Crippen molar-refractivity contribution in [2.24, 2.45) is 5.73 Å². The minimum Gasteiger partial charge on any atom is -0.489 e. The van der Waals surface area contributed by atoms with Crippen LogP contribution in [0.5, 0.6) is 5.75 Å². The molecule has 2 N–H and O–H groups in total. The van der Waals surface area contributed by atoms with Gasteiger partial charge in [-0.15, -0.1) is 4.98 Å². The summed E-state index contributed by atoms with van der Waals surface area (Å²) >= 11 is 0. The zero-order chi connectivity index (χ0) is 33.7. The summed E-state index contributed by atoms with van der Waals surface area (Å²) in [6.45, 7) is 18.7. The lowest BCUT2D eigenvalue weighted by Gasteiger charge is -2.39. The summed E-state index contributed by atoms with van der Waals surface area (Å²) in [5, 5.41) is 0. The molecule has 2 aliphatic heterocycles. The monoisotopic (exact) mass is 638 g/mol. The molecule has 47 heavy (non-hydrogen) atoms. The van der Waals surface area contributed by atoms with Gasteiger partial charge in [0.1, 0.15) is 30.2 Å². The zero-order valence-electron chi connectivity index (χ0n) is 27.4. The molecule has 2 aromatic carbocycles. The van der Waals surface area contributed by atoms with Crippen molar-refractivity contribution in [1.82, 2.24) is 14.8 Å². The normalized spacial score (nSPS) is 16.3. The summed E-state index contributed by atoms with van der Waals surface area (Å²) in [6.07, 6.45) is 1.82. The fourth-order valence-electron chi connectivity index (χ4n) is 6.07. The number of primary amides is 1. The smallest absolute Gasteiger partial charge is 0.306 e. The highest BCUT2D eigenvalue weighted by molar-refractivity contribution is 6.01. The van der Waals surface area contributed by atoms with Crippen LogP contribution in [0.3, 0.4) is 0 Å². The molecular formula is C36H42N6O5. The number of nitrogens with zero attached hydrogens (tertiary/aromatic N) is 5. The predicted octanol–water partition coefficient (Wildman–Crippen LogP) is 5.03. The average Bonchev–Trinajstić information content (AvgIpc) is 3.39. The average molecular weight is 639 g/mol. The number of benzene rings is 2. The number of carbonyl (C=O) groups excluding carboxylic acids is 3. The third kappa shape index (κ3) is 8.07. The van der Waals surface area contributed by atoms with Gasteiger partial charge in [0, 0.05) is 49.8 Å². The number of hydrogen-bond acceptors (Lipinski definition) is 8. The van der Waals surface area contributed by atoms with Gasteiger partial charge in [0.15, 0.2) is 0 Å². The maximum Gasteiger partial charge on any atom is 0.306 e. The number of carbonyl (C=O) groups is 3. The first-order valence-electron chi connectivity index (χ1n) is 15.9. The first kappa shape index (κ1) is 33.4. The first-order valence-corrected chi connectivity index (χ1v) is 15.9. The number of esters is 1. The lowest BCUT2D eigenvalue weighted by Crippen LogP contribution is -2.47. The van der Waals surface area contributed by atoms with E-state index in [-0.39, 0.29) is 31.3 Å². The molecule has 0 aliphatic carbocycles. The van der Waals surface area contributed by atoms with Crippen LogP contribution in [0.2, 0.25) is 0 Å². The molecule has 246 valence electrons. The number of ether oxygens (including phenoxy) is 2. The molecule has 3 heterocycles. The van der Waals surface area contributed by atoms with Crippen LogP contribution in [0.4, 0.5) is 11.5 Å². The van der Waals surface area contributed by atoms with E-state index >= 15 is 0 Å². The maximum atomic E-state index is 13.3. The molecule has 3 aromatic rings. The molecule has 5 rings (SSSR count). The zero-order valence-corrected chi connectivity index (χ0v) is 27.4. The highest BCUT2D eigenvalue weighted by atomic mass is 16.6. The maximum absolute atomic E-state index is 13.3. The van der Waals surface area contributed by atoms with E-state index in [4.69, 9.17) is 21.8 Å². The van der Waals surface area contributed by atoms with Gasteiger partial charge in [0.25, 0.3) is 11.7 Å². The molecule has 2 atom stereocenters. The number of pyridine rings is 1. The number of rotatable bonds is 11. The van der Waals surface area contributed by atoms with Crippen molar-refractivity contribution in [3.63, 3.8) is 0 Å². The summed E-state index contributed by atoms with van der Waals surface area (Å²) in [4.78, 5) is 51.7. The number of hydrogen-bond donors (Lipinski definition) is 1. The quantitative estimate of drug-likeness (QED) is 0.229. The van der Waals surface area contributed by atoms with Gasteiger partial charge in [0.2, 0.25) is 5.91 Å². The van der Waals surface area contributed by atoms with E-state index in [0.29, 0.717) is 29.3 Å². The van der Waals surface area contributed by atoms with E-state index < -0.39 is 23.5 Å². The molecule has 1 fully saturated rings. The second-order valence-corrected chi connectivity index (χ2v) is 13.0. The number of piperazine rings is 1. The van der Waals surface area contributed by atoms with Gasteiger partial charge >= 0.3 is 5.97 Å². The van der Waals surface area contributed by atoms with Crippen LogP contribution in [0.1, 0.15) is 73.6 Å². The Hall–Kier alpha value is -4.95. The summed E-state index contributed by atoms with van der Waals surface area (Å²) in [5.41, 5.74) is 9.46. The molecule has 0 spiro atoms. The molecule has 11 nitrogen and oxygen atoms in total. The van der Waals surface area contributed by atoms with E-state index in [2.05, 4.69) is 50.8 Å². The van der Waals surface area contributed by atoms with Crippen LogP contribution in [-0.2, 0) is 27.5 Å². The Labute approximate surface area is 276 Å². The Kier molecular flexibility index (Phi) is 10.1. The molecule has 0 saturated carbocycles. The molecule has 2 aliphatic rings. The third-order valence-electron chi connectivity index (χ3n) is 8.63.